The summed E-state index contributed by atoms with van der Waals surface area (Å²) in [5, 5.41) is 3.02. The largest absolute Gasteiger partial charge is 0.354 e. The zero-order chi connectivity index (χ0) is 17.5. The Labute approximate surface area is 145 Å². The fourth-order valence-corrected chi connectivity index (χ4v) is 3.47. The van der Waals surface area contributed by atoms with Gasteiger partial charge in [-0.25, -0.2) is 0 Å². The minimum absolute atomic E-state index is 0.00927. The lowest BCUT2D eigenvalue weighted by atomic mass is 9.89. The molecule has 0 atom stereocenters. The highest BCUT2D eigenvalue weighted by molar-refractivity contribution is 5.92. The van der Waals surface area contributed by atoms with Crippen LogP contribution in [0.3, 0.4) is 0 Å². The van der Waals surface area contributed by atoms with Gasteiger partial charge in [0.25, 0.3) is 0 Å². The van der Waals surface area contributed by atoms with Crippen LogP contribution in [0.25, 0.3) is 0 Å². The topological polar surface area (TPSA) is 49.4 Å². The third-order valence-corrected chi connectivity index (χ3v) is 4.84. The number of hydrogen-bond donors (Lipinski definition) is 1. The molecule has 1 aromatic carbocycles. The molecule has 0 aromatic heterocycles. The first kappa shape index (κ1) is 18.5. The highest BCUT2D eigenvalue weighted by atomic mass is 16.2. The van der Waals surface area contributed by atoms with Gasteiger partial charge in [-0.05, 0) is 30.4 Å². The summed E-state index contributed by atoms with van der Waals surface area (Å²) in [6.45, 7) is 6.85. The number of nitrogens with zero attached hydrogens (tertiary/aromatic N) is 1. The molecule has 2 amide bonds. The zero-order valence-electron chi connectivity index (χ0n) is 15.2. The van der Waals surface area contributed by atoms with Gasteiger partial charge < -0.3 is 10.2 Å². The van der Waals surface area contributed by atoms with Crippen molar-refractivity contribution in [2.45, 2.75) is 58.8 Å². The monoisotopic (exact) mass is 330 g/mol. The van der Waals surface area contributed by atoms with E-state index in [0.717, 1.165) is 36.9 Å². The predicted octanol–water partition coefficient (Wildman–Crippen LogP) is 3.86. The van der Waals surface area contributed by atoms with Crippen LogP contribution < -0.4 is 10.2 Å². The molecule has 1 aliphatic rings. The van der Waals surface area contributed by atoms with Crippen molar-refractivity contribution in [3.05, 3.63) is 29.8 Å². The summed E-state index contributed by atoms with van der Waals surface area (Å²) >= 11 is 0. The first-order chi connectivity index (χ1) is 11.5. The van der Waals surface area contributed by atoms with Gasteiger partial charge in [-0.1, -0.05) is 51.3 Å². The summed E-state index contributed by atoms with van der Waals surface area (Å²) in [5.74, 6) is 0.665. The molecule has 24 heavy (non-hydrogen) atoms. The normalized spacial score (nSPS) is 15.3. The molecule has 4 nitrogen and oxygen atoms in total. The van der Waals surface area contributed by atoms with Crippen molar-refractivity contribution in [3.63, 3.8) is 0 Å². The van der Waals surface area contributed by atoms with Gasteiger partial charge >= 0.3 is 0 Å². The third-order valence-electron chi connectivity index (χ3n) is 4.84. The first-order valence-electron chi connectivity index (χ1n) is 9.15. The van der Waals surface area contributed by atoms with E-state index < -0.39 is 0 Å². The molecule has 0 bridgehead atoms. The zero-order valence-corrected chi connectivity index (χ0v) is 15.2. The van der Waals surface area contributed by atoms with Crippen LogP contribution in [0.5, 0.6) is 0 Å². The number of hydrogen-bond acceptors (Lipinski definition) is 2. The predicted molar refractivity (Wildman–Crippen MR) is 98.1 cm³/mol. The van der Waals surface area contributed by atoms with E-state index in [4.69, 9.17) is 0 Å². The lowest BCUT2D eigenvalue weighted by Crippen LogP contribution is -2.40. The fraction of sp³-hybridized carbons (Fsp3) is 0.600. The van der Waals surface area contributed by atoms with Gasteiger partial charge in [0.15, 0.2) is 0 Å². The van der Waals surface area contributed by atoms with Crippen LogP contribution in [0.15, 0.2) is 24.3 Å². The van der Waals surface area contributed by atoms with Crippen molar-refractivity contribution in [2.75, 3.05) is 18.0 Å². The van der Waals surface area contributed by atoms with E-state index >= 15 is 0 Å². The van der Waals surface area contributed by atoms with E-state index in [0.29, 0.717) is 19.0 Å². The molecule has 1 fully saturated rings. The quantitative estimate of drug-likeness (QED) is 0.861. The molecule has 0 spiro atoms. The summed E-state index contributed by atoms with van der Waals surface area (Å²) in [7, 11) is 0. The number of para-hydroxylation sites is 1. The Hall–Kier alpha value is -1.84. The summed E-state index contributed by atoms with van der Waals surface area (Å²) < 4.78 is 0. The van der Waals surface area contributed by atoms with Crippen molar-refractivity contribution >= 4 is 17.5 Å². The molecule has 0 aliphatic heterocycles. The van der Waals surface area contributed by atoms with Gasteiger partial charge in [0, 0.05) is 31.6 Å². The Bertz CT molecular complexity index is 563. The molecule has 132 valence electrons. The molecule has 0 saturated heterocycles. The number of carbonyl (C=O) groups is 2. The van der Waals surface area contributed by atoms with Gasteiger partial charge in [0.1, 0.15) is 0 Å². The molecule has 1 aliphatic carbocycles. The highest BCUT2D eigenvalue weighted by Crippen LogP contribution is 2.27. The average Bonchev–Trinajstić information content (AvgIpc) is 2.59. The minimum atomic E-state index is 0.00927. The Kier molecular flexibility index (Phi) is 6.83. The Morgan fingerprint density at radius 3 is 2.46 bits per heavy atom. The number of carbonyl (C=O) groups excluding carboxylic acids is 2. The molecule has 0 unspecified atom stereocenters. The summed E-state index contributed by atoms with van der Waals surface area (Å²) in [4.78, 5) is 26.1. The maximum Gasteiger partial charge on any atom is 0.223 e. The molecule has 1 saturated carbocycles. The second-order valence-electron chi connectivity index (χ2n) is 7.01. The second-order valence-corrected chi connectivity index (χ2v) is 7.01. The third kappa shape index (κ3) is 4.83. The van der Waals surface area contributed by atoms with Crippen LogP contribution in [0.2, 0.25) is 0 Å². The SMILES string of the molecule is CC(=O)N(CCNC(=O)C1CCCCC1)c1ccccc1C(C)C. The van der Waals surface area contributed by atoms with Gasteiger partial charge in [-0.15, -0.1) is 0 Å². The van der Waals surface area contributed by atoms with Crippen LogP contribution >= 0.6 is 0 Å². The van der Waals surface area contributed by atoms with E-state index in [2.05, 4.69) is 25.2 Å². The molecule has 1 N–H and O–H groups in total. The van der Waals surface area contributed by atoms with E-state index in [1.54, 1.807) is 11.8 Å². The second kappa shape index (κ2) is 8.86. The minimum Gasteiger partial charge on any atom is -0.354 e. The van der Waals surface area contributed by atoms with Crippen LogP contribution in [0, 0.1) is 5.92 Å². The smallest absolute Gasteiger partial charge is 0.223 e. The van der Waals surface area contributed by atoms with Crippen molar-refractivity contribution in [3.8, 4) is 0 Å². The van der Waals surface area contributed by atoms with Crippen molar-refractivity contribution in [1.29, 1.82) is 0 Å². The standard InChI is InChI=1S/C20H30N2O2/c1-15(2)18-11-7-8-12-19(18)22(16(3)23)14-13-21-20(24)17-9-5-4-6-10-17/h7-8,11-12,15,17H,4-6,9-10,13-14H2,1-3H3,(H,21,24). The van der Waals surface area contributed by atoms with E-state index in [1.807, 2.05) is 18.2 Å². The maximum atomic E-state index is 12.2. The number of amides is 2. The molecule has 2 rings (SSSR count). The van der Waals surface area contributed by atoms with Gasteiger partial charge in [-0.3, -0.25) is 9.59 Å². The lowest BCUT2D eigenvalue weighted by molar-refractivity contribution is -0.126. The highest BCUT2D eigenvalue weighted by Gasteiger charge is 2.21. The van der Waals surface area contributed by atoms with Crippen molar-refractivity contribution in [1.82, 2.24) is 5.32 Å². The first-order valence-corrected chi connectivity index (χ1v) is 9.15. The van der Waals surface area contributed by atoms with Crippen molar-refractivity contribution < 1.29 is 9.59 Å². The number of rotatable bonds is 6. The fourth-order valence-electron chi connectivity index (χ4n) is 3.47. The Morgan fingerprint density at radius 2 is 1.83 bits per heavy atom. The number of nitrogens with one attached hydrogen (secondary N) is 1. The van der Waals surface area contributed by atoms with Crippen LogP contribution in [0.4, 0.5) is 5.69 Å². The van der Waals surface area contributed by atoms with E-state index in [1.165, 1.54) is 6.42 Å². The van der Waals surface area contributed by atoms with Crippen LogP contribution in [-0.4, -0.2) is 24.9 Å². The number of benzene rings is 1. The van der Waals surface area contributed by atoms with Crippen molar-refractivity contribution in [2.24, 2.45) is 5.92 Å². The molecule has 1 aromatic rings. The maximum absolute atomic E-state index is 12.2. The van der Waals surface area contributed by atoms with Gasteiger partial charge in [-0.2, -0.15) is 0 Å². The summed E-state index contributed by atoms with van der Waals surface area (Å²) in [5.41, 5.74) is 2.11. The summed E-state index contributed by atoms with van der Waals surface area (Å²) in [6, 6.07) is 8.01. The Balaban J connectivity index is 1.97. The van der Waals surface area contributed by atoms with Crippen LogP contribution in [0.1, 0.15) is 64.4 Å². The molecule has 0 heterocycles. The number of anilines is 1. The van der Waals surface area contributed by atoms with Crippen LogP contribution in [-0.2, 0) is 9.59 Å². The molecular formula is C20H30N2O2. The molecule has 0 radical (unpaired) electrons. The van der Waals surface area contributed by atoms with E-state index in [9.17, 15) is 9.59 Å². The lowest BCUT2D eigenvalue weighted by Gasteiger charge is -2.26. The summed E-state index contributed by atoms with van der Waals surface area (Å²) in [6.07, 6.45) is 5.55. The molecular weight excluding hydrogens is 300 g/mol. The van der Waals surface area contributed by atoms with E-state index in [-0.39, 0.29) is 17.7 Å². The van der Waals surface area contributed by atoms with Gasteiger partial charge in [0.2, 0.25) is 11.8 Å². The van der Waals surface area contributed by atoms with Gasteiger partial charge in [0.05, 0.1) is 0 Å². The molecule has 4 heteroatoms. The average molecular weight is 330 g/mol. The Morgan fingerprint density at radius 1 is 1.17 bits per heavy atom.